The highest BCUT2D eigenvalue weighted by atomic mass is 16.3. The molecule has 2 aromatic rings. The number of hydrogen-bond donors (Lipinski definition) is 1. The number of amides is 1. The summed E-state index contributed by atoms with van der Waals surface area (Å²) < 4.78 is 5.49. The van der Waals surface area contributed by atoms with Gasteiger partial charge in [0.2, 0.25) is 5.91 Å². The van der Waals surface area contributed by atoms with Crippen molar-refractivity contribution in [3.8, 4) is 0 Å². The van der Waals surface area contributed by atoms with Crippen molar-refractivity contribution in [2.45, 2.75) is 26.4 Å². The lowest BCUT2D eigenvalue weighted by Crippen LogP contribution is -2.28. The Hall–Kier alpha value is -2.07. The molecule has 4 heteroatoms. The van der Waals surface area contributed by atoms with Crippen molar-refractivity contribution in [2.24, 2.45) is 5.73 Å². The lowest BCUT2D eigenvalue weighted by atomic mass is 10.0. The van der Waals surface area contributed by atoms with Crippen LogP contribution in [0.5, 0.6) is 0 Å². The third-order valence-corrected chi connectivity index (χ3v) is 3.29. The summed E-state index contributed by atoms with van der Waals surface area (Å²) >= 11 is 0. The summed E-state index contributed by atoms with van der Waals surface area (Å²) in [4.78, 5) is 13.9. The van der Waals surface area contributed by atoms with Gasteiger partial charge in [0.25, 0.3) is 0 Å². The highest BCUT2D eigenvalue weighted by Gasteiger charge is 2.13. The Morgan fingerprint density at radius 2 is 1.90 bits per heavy atom. The molecule has 0 aliphatic heterocycles. The molecule has 0 saturated heterocycles. The summed E-state index contributed by atoms with van der Waals surface area (Å²) in [6.07, 6.45) is 0.365. The average molecular weight is 272 g/mol. The van der Waals surface area contributed by atoms with E-state index in [4.69, 9.17) is 10.2 Å². The fraction of sp³-hybridized carbons (Fsp3) is 0.312. The number of furan rings is 1. The maximum Gasteiger partial charge on any atom is 0.227 e. The van der Waals surface area contributed by atoms with Crippen molar-refractivity contribution < 1.29 is 9.21 Å². The quantitative estimate of drug-likeness (QED) is 0.908. The molecular weight excluding hydrogens is 252 g/mol. The summed E-state index contributed by atoms with van der Waals surface area (Å²) in [5, 5.41) is 0. The van der Waals surface area contributed by atoms with E-state index in [1.165, 1.54) is 0 Å². The van der Waals surface area contributed by atoms with Gasteiger partial charge in [0.05, 0.1) is 13.0 Å². The molecule has 0 aliphatic carbocycles. The zero-order valence-corrected chi connectivity index (χ0v) is 11.9. The van der Waals surface area contributed by atoms with Gasteiger partial charge >= 0.3 is 0 Å². The SMILES string of the molecule is Cc1ccc(CN(C)C(=O)Cc2ccccc2CN)o1. The summed E-state index contributed by atoms with van der Waals surface area (Å²) in [6, 6.07) is 11.6. The Balaban J connectivity index is 2.00. The van der Waals surface area contributed by atoms with Crippen molar-refractivity contribution >= 4 is 5.91 Å². The maximum absolute atomic E-state index is 12.2. The van der Waals surface area contributed by atoms with Gasteiger partial charge in [0.1, 0.15) is 11.5 Å². The van der Waals surface area contributed by atoms with Crippen molar-refractivity contribution in [3.63, 3.8) is 0 Å². The van der Waals surface area contributed by atoms with E-state index in [1.807, 2.05) is 43.3 Å². The fourth-order valence-corrected chi connectivity index (χ4v) is 2.12. The van der Waals surface area contributed by atoms with Crippen LogP contribution < -0.4 is 5.73 Å². The molecule has 0 radical (unpaired) electrons. The molecule has 20 heavy (non-hydrogen) atoms. The van der Waals surface area contributed by atoms with E-state index in [1.54, 1.807) is 11.9 Å². The second kappa shape index (κ2) is 6.39. The van der Waals surface area contributed by atoms with Crippen molar-refractivity contribution in [1.29, 1.82) is 0 Å². The molecule has 2 N–H and O–H groups in total. The van der Waals surface area contributed by atoms with Gasteiger partial charge in [-0.15, -0.1) is 0 Å². The average Bonchev–Trinajstić information content (AvgIpc) is 2.84. The number of hydrogen-bond acceptors (Lipinski definition) is 3. The zero-order valence-electron chi connectivity index (χ0n) is 11.9. The molecule has 0 spiro atoms. The zero-order chi connectivity index (χ0) is 14.5. The first kappa shape index (κ1) is 14.3. The number of nitrogens with zero attached hydrogens (tertiary/aromatic N) is 1. The first-order chi connectivity index (χ1) is 9.60. The molecule has 1 aromatic carbocycles. The van der Waals surface area contributed by atoms with Crippen LogP contribution >= 0.6 is 0 Å². The van der Waals surface area contributed by atoms with E-state index in [0.29, 0.717) is 19.5 Å². The lowest BCUT2D eigenvalue weighted by molar-refractivity contribution is -0.129. The lowest BCUT2D eigenvalue weighted by Gasteiger charge is -2.16. The van der Waals surface area contributed by atoms with Crippen LogP contribution in [0.3, 0.4) is 0 Å². The van der Waals surface area contributed by atoms with Crippen molar-refractivity contribution in [3.05, 3.63) is 59.0 Å². The van der Waals surface area contributed by atoms with Gasteiger partial charge in [-0.1, -0.05) is 24.3 Å². The van der Waals surface area contributed by atoms with Crippen LogP contribution in [0.25, 0.3) is 0 Å². The molecule has 1 heterocycles. The van der Waals surface area contributed by atoms with E-state index in [9.17, 15) is 4.79 Å². The summed E-state index contributed by atoms with van der Waals surface area (Å²) in [6.45, 7) is 2.82. The number of rotatable bonds is 5. The van der Waals surface area contributed by atoms with Crippen LogP contribution in [0.15, 0.2) is 40.8 Å². The van der Waals surface area contributed by atoms with E-state index < -0.39 is 0 Å². The molecule has 0 bridgehead atoms. The molecule has 0 atom stereocenters. The predicted octanol–water partition coefficient (Wildman–Crippen LogP) is 2.25. The number of aryl methyl sites for hydroxylation is 1. The summed E-state index contributed by atoms with van der Waals surface area (Å²) in [7, 11) is 1.78. The molecule has 0 unspecified atom stereocenters. The minimum atomic E-state index is 0.0555. The topological polar surface area (TPSA) is 59.5 Å². The normalized spacial score (nSPS) is 10.6. The van der Waals surface area contributed by atoms with E-state index in [-0.39, 0.29) is 5.91 Å². The third-order valence-electron chi connectivity index (χ3n) is 3.29. The molecule has 2 rings (SSSR count). The second-order valence-corrected chi connectivity index (χ2v) is 4.91. The minimum absolute atomic E-state index is 0.0555. The van der Waals surface area contributed by atoms with Crippen molar-refractivity contribution in [2.75, 3.05) is 7.05 Å². The van der Waals surface area contributed by atoms with Crippen LogP contribution in [0.2, 0.25) is 0 Å². The first-order valence-electron chi connectivity index (χ1n) is 6.66. The van der Waals surface area contributed by atoms with Gasteiger partial charge in [0.15, 0.2) is 0 Å². The number of likely N-dealkylation sites (N-methyl/N-ethyl adjacent to an activating group) is 1. The van der Waals surface area contributed by atoms with Crippen LogP contribution in [-0.4, -0.2) is 17.9 Å². The Kier molecular flexibility index (Phi) is 4.58. The molecule has 1 amide bonds. The minimum Gasteiger partial charge on any atom is -0.464 e. The van der Waals surface area contributed by atoms with Gasteiger partial charge < -0.3 is 15.1 Å². The monoisotopic (exact) mass is 272 g/mol. The Labute approximate surface area is 119 Å². The molecule has 0 aliphatic rings. The van der Waals surface area contributed by atoms with Crippen LogP contribution in [0.1, 0.15) is 22.6 Å². The summed E-state index contributed by atoms with van der Waals surface area (Å²) in [5.41, 5.74) is 7.69. The Morgan fingerprint density at radius 3 is 2.50 bits per heavy atom. The van der Waals surface area contributed by atoms with Crippen LogP contribution in [-0.2, 0) is 24.3 Å². The third kappa shape index (κ3) is 3.48. The van der Waals surface area contributed by atoms with Gasteiger partial charge in [-0.2, -0.15) is 0 Å². The standard InChI is InChI=1S/C16H20N2O2/c1-12-7-8-15(20-12)11-18(2)16(19)9-13-5-3-4-6-14(13)10-17/h3-8H,9-11,17H2,1-2H3. The number of nitrogens with two attached hydrogens (primary N) is 1. The van der Waals surface area contributed by atoms with Gasteiger partial charge in [-0.3, -0.25) is 4.79 Å². The molecule has 0 fully saturated rings. The molecular formula is C16H20N2O2. The second-order valence-electron chi connectivity index (χ2n) is 4.91. The Morgan fingerprint density at radius 1 is 1.20 bits per heavy atom. The smallest absolute Gasteiger partial charge is 0.227 e. The number of benzene rings is 1. The molecule has 4 nitrogen and oxygen atoms in total. The van der Waals surface area contributed by atoms with E-state index in [0.717, 1.165) is 22.6 Å². The molecule has 106 valence electrons. The van der Waals surface area contributed by atoms with E-state index in [2.05, 4.69) is 0 Å². The largest absolute Gasteiger partial charge is 0.464 e. The van der Waals surface area contributed by atoms with Crippen LogP contribution in [0.4, 0.5) is 0 Å². The van der Waals surface area contributed by atoms with Crippen LogP contribution in [0, 0.1) is 6.92 Å². The predicted molar refractivity (Wildman–Crippen MR) is 78.0 cm³/mol. The van der Waals surface area contributed by atoms with Gasteiger partial charge in [-0.25, -0.2) is 0 Å². The van der Waals surface area contributed by atoms with Gasteiger partial charge in [-0.05, 0) is 30.2 Å². The highest BCUT2D eigenvalue weighted by molar-refractivity contribution is 5.78. The fourth-order valence-electron chi connectivity index (χ4n) is 2.12. The number of carbonyl (C=O) groups excluding carboxylic acids is 1. The number of carbonyl (C=O) groups is 1. The summed E-state index contributed by atoms with van der Waals surface area (Å²) in [5.74, 6) is 1.71. The Bertz CT molecular complexity index is 590. The molecule has 1 aromatic heterocycles. The van der Waals surface area contributed by atoms with Gasteiger partial charge in [0, 0.05) is 13.6 Å². The molecule has 0 saturated carbocycles. The highest BCUT2D eigenvalue weighted by Crippen LogP contribution is 2.12. The maximum atomic E-state index is 12.2. The first-order valence-corrected chi connectivity index (χ1v) is 6.66. The van der Waals surface area contributed by atoms with E-state index >= 15 is 0 Å². The van der Waals surface area contributed by atoms with Crippen molar-refractivity contribution in [1.82, 2.24) is 4.90 Å².